The average Bonchev–Trinajstić information content (AvgIpc) is 3.09. The summed E-state index contributed by atoms with van der Waals surface area (Å²) in [4.78, 5) is 0. The van der Waals surface area contributed by atoms with Crippen LogP contribution in [-0.2, 0) is 0 Å². The van der Waals surface area contributed by atoms with Crippen LogP contribution in [0.25, 0.3) is 0 Å². The number of rotatable bonds is 2. The van der Waals surface area contributed by atoms with E-state index in [0.717, 1.165) is 26.7 Å². The fraction of sp³-hybridized carbons (Fsp3) is 0.830. The van der Waals surface area contributed by atoms with Gasteiger partial charge in [-0.15, -0.1) is 6.42 Å². The largest absolute Gasteiger partial charge is 0.327 e. The van der Waals surface area contributed by atoms with Gasteiger partial charge in [0.25, 0.3) is 0 Å². The molecule has 0 spiro atoms. The number of hydrogen-bond donors (Lipinski definition) is 0. The summed E-state index contributed by atoms with van der Waals surface area (Å²) in [5, 5.41) is 0. The van der Waals surface area contributed by atoms with Crippen LogP contribution in [0.2, 0.25) is 0 Å². The number of nitrogens with zero attached hydrogens (tertiary/aromatic N) is 3. The summed E-state index contributed by atoms with van der Waals surface area (Å²) in [6.07, 6.45) is 7.50. The quantitative estimate of drug-likeness (QED) is 0.200. The zero-order chi connectivity index (χ0) is 40.6. The van der Waals surface area contributed by atoms with E-state index in [4.69, 9.17) is 6.42 Å². The van der Waals surface area contributed by atoms with Crippen LogP contribution in [0, 0.1) is 76.5 Å². The average molecular weight is 693 g/mol. The Morgan fingerprint density at radius 1 is 0.560 bits per heavy atom. The summed E-state index contributed by atoms with van der Waals surface area (Å²) in [6.45, 7) is 47.4. The van der Waals surface area contributed by atoms with E-state index in [1.165, 1.54) is 17.3 Å². The Balaban J connectivity index is 0.000000678. The summed E-state index contributed by atoms with van der Waals surface area (Å²) in [6, 6.07) is 0. The second kappa shape index (κ2) is 14.9. The first-order chi connectivity index (χ1) is 21.7. The van der Waals surface area contributed by atoms with Gasteiger partial charge >= 0.3 is 0 Å². The highest BCUT2D eigenvalue weighted by atomic mass is 15.6. The predicted octanol–water partition coefficient (Wildman–Crippen LogP) is 10.3. The van der Waals surface area contributed by atoms with Crippen LogP contribution in [-0.4, -0.2) is 89.0 Å². The molecule has 0 N–H and O–H groups in total. The van der Waals surface area contributed by atoms with Gasteiger partial charge in [0.05, 0.1) is 65.2 Å². The Bertz CT molecular complexity index is 1350. The molecular weight excluding hydrogens is 607 g/mol. The first-order valence-electron chi connectivity index (χ1n) is 19.1. The van der Waals surface area contributed by atoms with Crippen molar-refractivity contribution < 1.29 is 13.4 Å². The molecule has 0 aliphatic carbocycles. The first kappa shape index (κ1) is 48.1. The van der Waals surface area contributed by atoms with Crippen molar-refractivity contribution in [1.82, 2.24) is 0 Å². The fourth-order valence-corrected chi connectivity index (χ4v) is 9.96. The minimum atomic E-state index is 0.375. The SMILES string of the molecule is C#CC#CC#CC#CC.CC(C)(C)CC1C(C)(C)[N+](C)(C)C1(C)C.CC(C)(C)CC1C2C(C)(C)[N+](C)(C1(C)C)C2(C)C.CC(C)(C)[N+](C)(C)C. The number of terminal acetylenes is 1. The maximum atomic E-state index is 4.82. The Morgan fingerprint density at radius 3 is 1.16 bits per heavy atom. The third-order valence-electron chi connectivity index (χ3n) is 15.0. The van der Waals surface area contributed by atoms with Gasteiger partial charge in [-0.2, -0.15) is 0 Å². The van der Waals surface area contributed by atoms with Crippen molar-refractivity contribution in [3.8, 4) is 47.9 Å². The molecule has 1 atom stereocenters. The lowest BCUT2D eigenvalue weighted by atomic mass is 9.56. The van der Waals surface area contributed by atoms with E-state index in [2.05, 4.69) is 215 Å². The van der Waals surface area contributed by atoms with Crippen molar-refractivity contribution in [2.24, 2.45) is 28.6 Å². The van der Waals surface area contributed by atoms with Crippen molar-refractivity contribution in [2.75, 3.05) is 42.3 Å². The highest BCUT2D eigenvalue weighted by molar-refractivity contribution is 5.38. The second-order valence-electron chi connectivity index (χ2n) is 23.1. The number of quaternary nitrogens is 3. The van der Waals surface area contributed by atoms with Gasteiger partial charge in [-0.1, -0.05) is 47.5 Å². The Kier molecular flexibility index (Phi) is 14.3. The van der Waals surface area contributed by atoms with Crippen LogP contribution in [0.3, 0.4) is 0 Å². The number of likely N-dealkylation sites (tertiary alicyclic amines) is 1. The maximum absolute atomic E-state index is 4.82. The van der Waals surface area contributed by atoms with Crippen molar-refractivity contribution >= 4 is 0 Å². The third kappa shape index (κ3) is 9.00. The highest BCUT2D eigenvalue weighted by Crippen LogP contribution is 2.73. The van der Waals surface area contributed by atoms with Gasteiger partial charge in [0.15, 0.2) is 0 Å². The molecule has 4 saturated heterocycles. The van der Waals surface area contributed by atoms with Gasteiger partial charge < -0.3 is 13.4 Å². The lowest BCUT2D eigenvalue weighted by molar-refractivity contribution is -1.06. The van der Waals surface area contributed by atoms with Crippen LogP contribution in [0.4, 0.5) is 0 Å². The molecule has 1 unspecified atom stereocenters. The molecule has 4 aliphatic heterocycles. The van der Waals surface area contributed by atoms with E-state index in [0.29, 0.717) is 44.1 Å². The molecule has 4 heterocycles. The van der Waals surface area contributed by atoms with Crippen molar-refractivity contribution in [2.45, 2.75) is 185 Å². The van der Waals surface area contributed by atoms with Gasteiger partial charge in [0.2, 0.25) is 0 Å². The van der Waals surface area contributed by atoms with Gasteiger partial charge in [0.1, 0.15) is 22.2 Å². The molecule has 286 valence electrons. The highest BCUT2D eigenvalue weighted by Gasteiger charge is 2.86. The Labute approximate surface area is 315 Å². The topological polar surface area (TPSA) is 0 Å². The number of hydrogen-bond acceptors (Lipinski definition) is 0. The predicted molar refractivity (Wildman–Crippen MR) is 223 cm³/mol. The van der Waals surface area contributed by atoms with Crippen LogP contribution in [0.15, 0.2) is 0 Å². The van der Waals surface area contributed by atoms with Crippen molar-refractivity contribution in [3.05, 3.63) is 0 Å². The molecule has 50 heavy (non-hydrogen) atoms. The van der Waals surface area contributed by atoms with Crippen LogP contribution < -0.4 is 0 Å². The molecule has 0 aromatic heterocycles. The van der Waals surface area contributed by atoms with E-state index in [-0.39, 0.29) is 0 Å². The van der Waals surface area contributed by atoms with Gasteiger partial charge in [-0.05, 0) is 156 Å². The second-order valence-corrected chi connectivity index (χ2v) is 23.1. The minimum Gasteiger partial charge on any atom is -0.327 e. The molecule has 4 rings (SSSR count). The molecule has 4 fully saturated rings. The molecule has 2 bridgehead atoms. The third-order valence-corrected chi connectivity index (χ3v) is 15.0. The van der Waals surface area contributed by atoms with Crippen molar-refractivity contribution in [3.63, 3.8) is 0 Å². The van der Waals surface area contributed by atoms with Gasteiger partial charge in [0, 0.05) is 5.92 Å². The normalized spacial score (nSPS) is 27.2. The van der Waals surface area contributed by atoms with Crippen molar-refractivity contribution in [1.29, 1.82) is 0 Å². The lowest BCUT2D eigenvalue weighted by Crippen LogP contribution is -2.84. The van der Waals surface area contributed by atoms with E-state index in [1.54, 1.807) is 6.92 Å². The molecule has 0 aromatic rings. The van der Waals surface area contributed by atoms with E-state index in [9.17, 15) is 0 Å². The van der Waals surface area contributed by atoms with E-state index >= 15 is 0 Å². The van der Waals surface area contributed by atoms with E-state index in [1.807, 2.05) is 0 Å². The van der Waals surface area contributed by atoms with Gasteiger partial charge in [-0.25, -0.2) is 0 Å². The van der Waals surface area contributed by atoms with E-state index < -0.39 is 0 Å². The molecule has 0 saturated carbocycles. The molecular formula is C47H86N3+3. The zero-order valence-corrected chi connectivity index (χ0v) is 38.6. The number of fused-ring (bicyclic) bond motifs is 1. The van der Waals surface area contributed by atoms with Crippen LogP contribution >= 0.6 is 0 Å². The van der Waals surface area contributed by atoms with Crippen LogP contribution in [0.5, 0.6) is 0 Å². The molecule has 0 aromatic carbocycles. The standard InChI is InChI=1S/C17H34N.C14H30N.C9H4.C7H18N/c1-14(2,3)11-12-13-16(6,7)18(10,15(12,4)5)17(13,8)9;1-12(2,3)10-11-13(4,5)15(8,9)14(11,6)7;1-3-5-7-9-8-6-4-2;1-7(2,3)8(4,5)6/h12-13H,11H2,1-10H3;11H,10H2,1-9H3;1H,2H3;1-6H3/q2*+1;;+1. The molecule has 4 aliphatic rings. The Hall–Kier alpha value is -1.88. The zero-order valence-electron chi connectivity index (χ0n) is 38.6. The maximum Gasteiger partial charge on any atom is 0.104 e. The summed E-state index contributed by atoms with van der Waals surface area (Å²) < 4.78 is 3.40. The first-order valence-corrected chi connectivity index (χ1v) is 19.1. The molecule has 0 amide bonds. The fourth-order valence-electron chi connectivity index (χ4n) is 9.96. The summed E-state index contributed by atoms with van der Waals surface area (Å²) >= 11 is 0. The molecule has 3 nitrogen and oxygen atoms in total. The monoisotopic (exact) mass is 693 g/mol. The lowest BCUT2D eigenvalue weighted by Gasteiger charge is -2.71. The minimum absolute atomic E-state index is 0.375. The summed E-state index contributed by atoms with van der Waals surface area (Å²) in [5.41, 5.74) is 3.34. The Morgan fingerprint density at radius 2 is 0.900 bits per heavy atom. The molecule has 3 heteroatoms. The smallest absolute Gasteiger partial charge is 0.104 e. The summed E-state index contributed by atoms with van der Waals surface area (Å²) in [7, 11) is 13.9. The van der Waals surface area contributed by atoms with Gasteiger partial charge in [-0.3, -0.25) is 0 Å². The molecule has 0 radical (unpaired) electrons. The van der Waals surface area contributed by atoms with Crippen LogP contribution in [0.1, 0.15) is 151 Å². The summed E-state index contributed by atoms with van der Waals surface area (Å²) in [5.74, 6) is 19.5.